The normalized spacial score (nSPS) is 10.1. The van der Waals surface area contributed by atoms with Gasteiger partial charge in [-0.15, -0.1) is 0 Å². The van der Waals surface area contributed by atoms with Crippen molar-refractivity contribution >= 4 is 0 Å². The molecule has 0 unspecified atom stereocenters. The molecule has 1 rings (SSSR count). The van der Waals surface area contributed by atoms with E-state index in [1.807, 2.05) is 6.07 Å². The van der Waals surface area contributed by atoms with E-state index in [0.717, 1.165) is 0 Å². The Labute approximate surface area is 96.1 Å². The van der Waals surface area contributed by atoms with E-state index in [0.29, 0.717) is 37.9 Å². The minimum Gasteiger partial charge on any atom is -0.493 e. The molecule has 4 heteroatoms. The number of methoxy groups -OCH3 is 2. The van der Waals surface area contributed by atoms with E-state index in [4.69, 9.17) is 18.9 Å². The van der Waals surface area contributed by atoms with Crippen LogP contribution in [-0.4, -0.2) is 40.6 Å². The zero-order chi connectivity index (χ0) is 11.6. The predicted molar refractivity (Wildman–Crippen MR) is 60.0 cm³/mol. The summed E-state index contributed by atoms with van der Waals surface area (Å²) in [5, 5.41) is 0. The lowest BCUT2D eigenvalue weighted by Gasteiger charge is -2.10. The van der Waals surface area contributed by atoms with Crippen LogP contribution in [0.2, 0.25) is 0 Å². The molecule has 0 heterocycles. The predicted octanol–water partition coefficient (Wildman–Crippen LogP) is 1.54. The van der Waals surface area contributed by atoms with Crippen LogP contribution in [0.25, 0.3) is 0 Å². The number of ether oxygens (including phenoxy) is 4. The smallest absolute Gasteiger partial charge is 0.161 e. The van der Waals surface area contributed by atoms with E-state index in [1.54, 1.807) is 26.4 Å². The summed E-state index contributed by atoms with van der Waals surface area (Å²) >= 11 is 0. The van der Waals surface area contributed by atoms with Crippen molar-refractivity contribution in [3.8, 4) is 11.5 Å². The van der Waals surface area contributed by atoms with Gasteiger partial charge in [0, 0.05) is 7.11 Å². The summed E-state index contributed by atoms with van der Waals surface area (Å²) in [7, 11) is 3.25. The molecule has 0 spiro atoms. The summed E-state index contributed by atoms with van der Waals surface area (Å²) in [6.45, 7) is 2.21. The second kappa shape index (κ2) is 7.96. The Morgan fingerprint density at radius 3 is 2.62 bits per heavy atom. The van der Waals surface area contributed by atoms with Crippen molar-refractivity contribution in [1.29, 1.82) is 0 Å². The van der Waals surface area contributed by atoms with Crippen molar-refractivity contribution < 1.29 is 18.9 Å². The lowest BCUT2D eigenvalue weighted by molar-refractivity contribution is 0.0540. The lowest BCUT2D eigenvalue weighted by Crippen LogP contribution is -2.10. The molecule has 0 amide bonds. The van der Waals surface area contributed by atoms with Crippen LogP contribution >= 0.6 is 0 Å². The molecule has 4 nitrogen and oxygen atoms in total. The van der Waals surface area contributed by atoms with E-state index in [-0.39, 0.29) is 0 Å². The molecule has 1 aromatic carbocycles. The third-order valence-corrected chi connectivity index (χ3v) is 1.93. The summed E-state index contributed by atoms with van der Waals surface area (Å²) in [5.74, 6) is 1.39. The second-order valence-corrected chi connectivity index (χ2v) is 3.03. The maximum Gasteiger partial charge on any atom is 0.161 e. The SMILES string of the molecule is COCCOCCOc1cc[c]cc1OC. The van der Waals surface area contributed by atoms with Gasteiger partial charge in [-0.3, -0.25) is 0 Å². The van der Waals surface area contributed by atoms with Gasteiger partial charge in [0.1, 0.15) is 6.61 Å². The van der Waals surface area contributed by atoms with Gasteiger partial charge in [-0.05, 0) is 18.2 Å². The quantitative estimate of drug-likeness (QED) is 0.629. The van der Waals surface area contributed by atoms with Crippen LogP contribution in [0.3, 0.4) is 0 Å². The average Bonchev–Trinajstić information content (AvgIpc) is 2.34. The zero-order valence-corrected chi connectivity index (χ0v) is 9.69. The summed E-state index contributed by atoms with van der Waals surface area (Å²) in [4.78, 5) is 0. The van der Waals surface area contributed by atoms with Gasteiger partial charge in [-0.1, -0.05) is 6.07 Å². The lowest BCUT2D eigenvalue weighted by atomic mass is 10.3. The summed E-state index contributed by atoms with van der Waals surface area (Å²) in [6, 6.07) is 8.25. The molecule has 0 aromatic heterocycles. The molecule has 0 fully saturated rings. The Morgan fingerprint density at radius 2 is 1.88 bits per heavy atom. The van der Waals surface area contributed by atoms with E-state index in [2.05, 4.69) is 6.07 Å². The zero-order valence-electron chi connectivity index (χ0n) is 9.69. The van der Waals surface area contributed by atoms with Crippen molar-refractivity contribution in [2.45, 2.75) is 0 Å². The average molecular weight is 225 g/mol. The Balaban J connectivity index is 2.21. The molecule has 0 atom stereocenters. The molecule has 0 aliphatic carbocycles. The first-order valence-electron chi connectivity index (χ1n) is 5.12. The van der Waals surface area contributed by atoms with Crippen LogP contribution in [0.1, 0.15) is 0 Å². The minimum atomic E-state index is 0.490. The number of hydrogen-bond donors (Lipinski definition) is 0. The van der Waals surface area contributed by atoms with Crippen LogP contribution < -0.4 is 9.47 Å². The molecule has 0 aliphatic rings. The molecule has 1 aromatic rings. The topological polar surface area (TPSA) is 36.9 Å². The highest BCUT2D eigenvalue weighted by Gasteiger charge is 2.01. The largest absolute Gasteiger partial charge is 0.493 e. The van der Waals surface area contributed by atoms with Crippen molar-refractivity contribution in [2.24, 2.45) is 0 Å². The van der Waals surface area contributed by atoms with E-state index >= 15 is 0 Å². The van der Waals surface area contributed by atoms with Gasteiger partial charge in [-0.25, -0.2) is 0 Å². The van der Waals surface area contributed by atoms with Gasteiger partial charge in [0.2, 0.25) is 0 Å². The number of benzene rings is 1. The fourth-order valence-electron chi connectivity index (χ4n) is 1.13. The van der Waals surface area contributed by atoms with E-state index < -0.39 is 0 Å². The standard InChI is InChI=1S/C12H17O4/c1-13-7-8-15-9-10-16-12-6-4-3-5-11(12)14-2/h4-6H,7-10H2,1-2H3. The molecule has 0 saturated carbocycles. The van der Waals surface area contributed by atoms with Gasteiger partial charge in [0.25, 0.3) is 0 Å². The van der Waals surface area contributed by atoms with Gasteiger partial charge in [0.05, 0.1) is 26.9 Å². The van der Waals surface area contributed by atoms with Crippen LogP contribution in [0, 0.1) is 6.07 Å². The molecule has 0 bridgehead atoms. The highest BCUT2D eigenvalue weighted by Crippen LogP contribution is 2.25. The highest BCUT2D eigenvalue weighted by atomic mass is 16.5. The third-order valence-electron chi connectivity index (χ3n) is 1.93. The fourth-order valence-corrected chi connectivity index (χ4v) is 1.13. The summed E-state index contributed by atoms with van der Waals surface area (Å²) < 4.78 is 20.7. The molecular weight excluding hydrogens is 208 g/mol. The number of rotatable bonds is 8. The molecule has 89 valence electrons. The molecular formula is C12H17O4. The Kier molecular flexibility index (Phi) is 6.37. The van der Waals surface area contributed by atoms with Crippen LogP contribution in [0.15, 0.2) is 18.2 Å². The Morgan fingerprint density at radius 1 is 1.06 bits per heavy atom. The van der Waals surface area contributed by atoms with Crippen LogP contribution in [0.4, 0.5) is 0 Å². The second-order valence-electron chi connectivity index (χ2n) is 3.03. The first-order valence-corrected chi connectivity index (χ1v) is 5.12. The molecule has 0 aliphatic heterocycles. The summed E-state index contributed by atoms with van der Waals surface area (Å²) in [5.41, 5.74) is 0. The van der Waals surface area contributed by atoms with Crippen LogP contribution in [0.5, 0.6) is 11.5 Å². The maximum atomic E-state index is 5.50. The monoisotopic (exact) mass is 225 g/mol. The van der Waals surface area contributed by atoms with E-state index in [1.165, 1.54) is 0 Å². The fraction of sp³-hybridized carbons (Fsp3) is 0.500. The molecule has 16 heavy (non-hydrogen) atoms. The maximum absolute atomic E-state index is 5.50. The van der Waals surface area contributed by atoms with Gasteiger partial charge in [0.15, 0.2) is 11.5 Å². The van der Waals surface area contributed by atoms with Gasteiger partial charge >= 0.3 is 0 Å². The van der Waals surface area contributed by atoms with Crippen molar-refractivity contribution in [3.05, 3.63) is 24.3 Å². The van der Waals surface area contributed by atoms with Crippen LogP contribution in [-0.2, 0) is 9.47 Å². The van der Waals surface area contributed by atoms with E-state index in [9.17, 15) is 0 Å². The molecule has 1 radical (unpaired) electrons. The third kappa shape index (κ3) is 4.51. The van der Waals surface area contributed by atoms with Crippen molar-refractivity contribution in [2.75, 3.05) is 40.6 Å². The number of hydrogen-bond acceptors (Lipinski definition) is 4. The minimum absolute atomic E-state index is 0.490. The summed E-state index contributed by atoms with van der Waals surface area (Å²) in [6.07, 6.45) is 0. The van der Waals surface area contributed by atoms with Crippen molar-refractivity contribution in [3.63, 3.8) is 0 Å². The first-order chi connectivity index (χ1) is 7.88. The van der Waals surface area contributed by atoms with Gasteiger partial charge < -0.3 is 18.9 Å². The molecule has 0 N–H and O–H groups in total. The Hall–Kier alpha value is -1.26. The molecule has 0 saturated heterocycles. The van der Waals surface area contributed by atoms with Crippen molar-refractivity contribution in [1.82, 2.24) is 0 Å². The highest BCUT2D eigenvalue weighted by molar-refractivity contribution is 5.38. The Bertz CT molecular complexity index is 288. The first kappa shape index (κ1) is 12.8. The van der Waals surface area contributed by atoms with Gasteiger partial charge in [-0.2, -0.15) is 0 Å².